The molecule has 1 unspecified atom stereocenters. The van der Waals surface area contributed by atoms with Crippen LogP contribution in [-0.4, -0.2) is 64.9 Å². The number of hydrogen-bond acceptors (Lipinski definition) is 9. The van der Waals surface area contributed by atoms with E-state index >= 15 is 0 Å². The molecule has 2 aromatic rings. The largest absolute Gasteiger partial charge is 0.422 e. The Morgan fingerprint density at radius 1 is 0.717 bits per heavy atom. The van der Waals surface area contributed by atoms with Gasteiger partial charge in [0.2, 0.25) is 11.8 Å². The van der Waals surface area contributed by atoms with Gasteiger partial charge >= 0.3 is 11.9 Å². The van der Waals surface area contributed by atoms with E-state index in [1.165, 1.54) is 17.1 Å². The lowest BCUT2D eigenvalue weighted by molar-refractivity contribution is -0.145. The third-order valence-electron chi connectivity index (χ3n) is 6.51. The molecule has 46 heavy (non-hydrogen) atoms. The zero-order valence-corrected chi connectivity index (χ0v) is 28.3. The molecule has 2 aromatic carbocycles. The van der Waals surface area contributed by atoms with Gasteiger partial charge in [0.05, 0.1) is 36.4 Å². The Balaban J connectivity index is 2.07. The number of ether oxygens (including phenoxy) is 2. The quantitative estimate of drug-likeness (QED) is 0.155. The van der Waals surface area contributed by atoms with Gasteiger partial charge in [-0.15, -0.1) is 0 Å². The summed E-state index contributed by atoms with van der Waals surface area (Å²) in [6, 6.07) is 13.5. The molecule has 0 radical (unpaired) electrons. The zero-order chi connectivity index (χ0) is 34.9. The summed E-state index contributed by atoms with van der Waals surface area (Å²) in [6.45, 7) is 14.9. The molecule has 3 amide bonds. The van der Waals surface area contributed by atoms with E-state index in [4.69, 9.17) is 9.47 Å². The second-order valence-corrected chi connectivity index (χ2v) is 14.0. The lowest BCUT2D eigenvalue weighted by Gasteiger charge is -2.37. The number of carbonyl (C=O) groups is 5. The first-order chi connectivity index (χ1) is 21.2. The predicted octanol–water partition coefficient (Wildman–Crippen LogP) is 3.23. The van der Waals surface area contributed by atoms with Gasteiger partial charge in [-0.25, -0.2) is 5.01 Å². The number of nitrogens with zero attached hydrogens (tertiary/aromatic N) is 1. The molecular weight excluding hydrogens is 592 g/mol. The van der Waals surface area contributed by atoms with Crippen molar-refractivity contribution < 1.29 is 38.6 Å². The number of benzene rings is 2. The van der Waals surface area contributed by atoms with Crippen LogP contribution >= 0.6 is 0 Å². The number of amides is 3. The standard InChI is InChI=1S/C34H48N4O8/c1-32(2,3)30(43)45-25-16-15-23(18-26(25)46-31(44)33(4,5)6)24(39)21-38(34(7,8)9)37-29(42)20-36-28(41)19-35-27(40)17-22-13-11-10-12-14-22/h10-16,18,24,39H,17,19-21H2,1-9H3,(H,35,40)(H,36,41)(H,37,42). The number of aliphatic hydroxyl groups is 1. The van der Waals surface area contributed by atoms with Crippen LogP contribution in [0.1, 0.15) is 79.5 Å². The van der Waals surface area contributed by atoms with Gasteiger partial charge in [-0.1, -0.05) is 36.4 Å². The first-order valence-electron chi connectivity index (χ1n) is 15.1. The molecule has 12 heteroatoms. The lowest BCUT2D eigenvalue weighted by Crippen LogP contribution is -2.56. The number of hydrazine groups is 1. The van der Waals surface area contributed by atoms with Crippen LogP contribution in [0.3, 0.4) is 0 Å². The minimum atomic E-state index is -1.17. The van der Waals surface area contributed by atoms with E-state index in [-0.39, 0.29) is 43.5 Å². The van der Waals surface area contributed by atoms with E-state index in [2.05, 4.69) is 16.1 Å². The SMILES string of the molecule is CC(C)(C)C(=O)Oc1ccc(C(O)CN(NC(=O)CNC(=O)CNC(=O)Cc2ccccc2)C(C)(C)C)cc1OC(=O)C(C)(C)C. The number of esters is 2. The Morgan fingerprint density at radius 2 is 1.24 bits per heavy atom. The molecule has 0 aromatic heterocycles. The van der Waals surface area contributed by atoms with Crippen LogP contribution < -0.4 is 25.5 Å². The predicted molar refractivity (Wildman–Crippen MR) is 172 cm³/mol. The van der Waals surface area contributed by atoms with Crippen LogP contribution in [0.25, 0.3) is 0 Å². The van der Waals surface area contributed by atoms with Crippen LogP contribution in [0.15, 0.2) is 48.5 Å². The highest BCUT2D eigenvalue weighted by Gasteiger charge is 2.30. The summed E-state index contributed by atoms with van der Waals surface area (Å²) in [5.41, 5.74) is 1.54. The first-order valence-corrected chi connectivity index (χ1v) is 15.1. The molecule has 0 saturated carbocycles. The number of β-amino-alcohol motifs (C(OH)–C–C–N with tert-alkyl or cyclic N) is 1. The van der Waals surface area contributed by atoms with Crippen LogP contribution in [-0.2, 0) is 30.4 Å². The fraction of sp³-hybridized carbons (Fsp3) is 0.500. The molecule has 252 valence electrons. The average molecular weight is 641 g/mol. The van der Waals surface area contributed by atoms with Gasteiger partial charge in [-0.3, -0.25) is 29.4 Å². The van der Waals surface area contributed by atoms with Gasteiger partial charge in [0.1, 0.15) is 0 Å². The fourth-order valence-corrected chi connectivity index (χ4v) is 3.62. The monoisotopic (exact) mass is 640 g/mol. The van der Waals surface area contributed by atoms with E-state index in [0.29, 0.717) is 5.56 Å². The number of aliphatic hydroxyl groups excluding tert-OH is 1. The zero-order valence-electron chi connectivity index (χ0n) is 28.3. The van der Waals surface area contributed by atoms with Crippen LogP contribution in [0.4, 0.5) is 0 Å². The Labute approximate surface area is 271 Å². The molecule has 4 N–H and O–H groups in total. The van der Waals surface area contributed by atoms with Crippen molar-refractivity contribution in [3.63, 3.8) is 0 Å². The molecule has 0 bridgehead atoms. The smallest absolute Gasteiger partial charge is 0.316 e. The van der Waals surface area contributed by atoms with E-state index in [9.17, 15) is 29.1 Å². The van der Waals surface area contributed by atoms with Crippen molar-refractivity contribution in [2.75, 3.05) is 19.6 Å². The Bertz CT molecular complexity index is 1390. The van der Waals surface area contributed by atoms with Crippen molar-refractivity contribution in [2.45, 2.75) is 80.4 Å². The second-order valence-electron chi connectivity index (χ2n) is 14.0. The summed E-state index contributed by atoms with van der Waals surface area (Å²) < 4.78 is 11.1. The first kappa shape index (κ1) is 37.9. The van der Waals surface area contributed by atoms with Crippen molar-refractivity contribution in [3.8, 4) is 11.5 Å². The Kier molecular flexibility index (Phi) is 13.0. The minimum absolute atomic E-state index is 0.0287. The van der Waals surface area contributed by atoms with Crippen LogP contribution in [0.2, 0.25) is 0 Å². The topological polar surface area (TPSA) is 163 Å². The molecule has 0 fully saturated rings. The highest BCUT2D eigenvalue weighted by molar-refractivity contribution is 5.88. The number of hydrogen-bond donors (Lipinski definition) is 4. The van der Waals surface area contributed by atoms with E-state index in [1.54, 1.807) is 47.6 Å². The van der Waals surface area contributed by atoms with E-state index in [1.807, 2.05) is 51.1 Å². The van der Waals surface area contributed by atoms with E-state index in [0.717, 1.165) is 5.56 Å². The third kappa shape index (κ3) is 12.6. The lowest BCUT2D eigenvalue weighted by atomic mass is 9.97. The molecule has 0 saturated heterocycles. The summed E-state index contributed by atoms with van der Waals surface area (Å²) in [6.07, 6.45) is -1.05. The van der Waals surface area contributed by atoms with Gasteiger partial charge in [0, 0.05) is 12.1 Å². The van der Waals surface area contributed by atoms with Crippen molar-refractivity contribution in [1.29, 1.82) is 0 Å². The molecular formula is C34H48N4O8. The summed E-state index contributed by atoms with van der Waals surface area (Å²) >= 11 is 0. The Hall–Kier alpha value is -4.29. The van der Waals surface area contributed by atoms with Crippen molar-refractivity contribution in [1.82, 2.24) is 21.1 Å². The molecule has 0 spiro atoms. The maximum absolute atomic E-state index is 12.8. The van der Waals surface area contributed by atoms with E-state index < -0.39 is 46.2 Å². The molecule has 2 rings (SSSR count). The van der Waals surface area contributed by atoms with Crippen molar-refractivity contribution in [2.24, 2.45) is 10.8 Å². The third-order valence-corrected chi connectivity index (χ3v) is 6.51. The van der Waals surface area contributed by atoms with Gasteiger partial charge in [-0.2, -0.15) is 0 Å². The van der Waals surface area contributed by atoms with Crippen molar-refractivity contribution in [3.05, 3.63) is 59.7 Å². The van der Waals surface area contributed by atoms with Crippen molar-refractivity contribution >= 4 is 29.7 Å². The van der Waals surface area contributed by atoms with Gasteiger partial charge in [0.15, 0.2) is 11.5 Å². The van der Waals surface area contributed by atoms with Gasteiger partial charge in [-0.05, 0) is 85.6 Å². The summed E-state index contributed by atoms with van der Waals surface area (Å²) in [4.78, 5) is 62.4. The van der Waals surface area contributed by atoms with Crippen LogP contribution in [0.5, 0.6) is 11.5 Å². The second kappa shape index (κ2) is 15.8. The maximum atomic E-state index is 12.8. The normalized spacial score (nSPS) is 12.6. The Morgan fingerprint density at radius 3 is 1.78 bits per heavy atom. The van der Waals surface area contributed by atoms with Gasteiger partial charge < -0.3 is 25.2 Å². The summed E-state index contributed by atoms with van der Waals surface area (Å²) in [7, 11) is 0. The molecule has 0 aliphatic heterocycles. The molecule has 0 heterocycles. The fourth-order valence-electron chi connectivity index (χ4n) is 3.62. The molecule has 12 nitrogen and oxygen atoms in total. The van der Waals surface area contributed by atoms with Gasteiger partial charge in [0.25, 0.3) is 5.91 Å². The molecule has 0 aliphatic carbocycles. The minimum Gasteiger partial charge on any atom is -0.422 e. The average Bonchev–Trinajstić information content (AvgIpc) is 2.94. The number of carbonyl (C=O) groups excluding carboxylic acids is 5. The van der Waals surface area contributed by atoms with Crippen LogP contribution in [0, 0.1) is 10.8 Å². The molecule has 0 aliphatic rings. The summed E-state index contributed by atoms with van der Waals surface area (Å²) in [5.74, 6) is -2.50. The maximum Gasteiger partial charge on any atom is 0.316 e. The summed E-state index contributed by atoms with van der Waals surface area (Å²) in [5, 5.41) is 17.7. The highest BCUT2D eigenvalue weighted by Crippen LogP contribution is 2.34. The highest BCUT2D eigenvalue weighted by atomic mass is 16.6. The number of rotatable bonds is 12. The molecule has 1 atom stereocenters. The number of nitrogens with one attached hydrogen (secondary N) is 3.